The summed E-state index contributed by atoms with van der Waals surface area (Å²) >= 11 is 0. The highest BCUT2D eigenvalue weighted by atomic mass is 19.4. The van der Waals surface area contributed by atoms with Crippen LogP contribution in [0.5, 0.6) is 0 Å². The molecule has 7 heteroatoms. The number of benzene rings is 2. The molecule has 0 fully saturated rings. The maximum Gasteiger partial charge on any atom is 0.432 e. The molecule has 0 radical (unpaired) electrons. The normalized spacial score (nSPS) is 14.8. The fraction of sp³-hybridized carbons (Fsp3) is 0.385. The molecule has 0 saturated heterocycles. The maximum atomic E-state index is 14.2. The molecule has 178 valence electrons. The van der Waals surface area contributed by atoms with Crippen LogP contribution >= 0.6 is 0 Å². The third kappa shape index (κ3) is 6.32. The number of ketones is 1. The smallest absolute Gasteiger partial charge is 0.432 e. The summed E-state index contributed by atoms with van der Waals surface area (Å²) in [5.74, 6) is -2.32. The topological polar surface area (TPSA) is 52.6 Å². The van der Waals surface area contributed by atoms with Crippen molar-refractivity contribution in [3.05, 3.63) is 83.9 Å². The highest BCUT2D eigenvalue weighted by Crippen LogP contribution is 2.43. The second kappa shape index (κ2) is 10.3. The summed E-state index contributed by atoms with van der Waals surface area (Å²) in [6, 6.07) is 14.5. The summed E-state index contributed by atoms with van der Waals surface area (Å²) in [7, 11) is 0.786. The Balaban J connectivity index is 2.46. The highest BCUT2D eigenvalue weighted by molar-refractivity contribution is 6.01. The molecule has 0 aromatic heterocycles. The van der Waals surface area contributed by atoms with Crippen LogP contribution in [0.4, 0.5) is 13.2 Å². The van der Waals surface area contributed by atoms with E-state index in [0.717, 1.165) is 19.2 Å². The van der Waals surface area contributed by atoms with Crippen molar-refractivity contribution in [2.75, 3.05) is 7.11 Å². The van der Waals surface area contributed by atoms with Gasteiger partial charge in [-0.25, -0.2) is 4.79 Å². The van der Waals surface area contributed by atoms with Gasteiger partial charge in [0.05, 0.1) is 0 Å². The molecule has 4 nitrogen and oxygen atoms in total. The molecule has 2 aromatic carbocycles. The first kappa shape index (κ1) is 26.3. The number of alkyl halides is 3. The largest absolute Gasteiger partial charge is 0.451 e. The standard InChI is InChI=1S/C26H29F3O4/c1-18(17-24(2,3)4)16-21(22(30)19-12-8-6-9-13-19)33-23(31)25(32-5,26(27,28)29)20-14-10-7-11-15-20/h6-15,21H,1,16-17H2,2-5H3/t21-,25+/m0/s1. The van der Waals surface area contributed by atoms with Crippen molar-refractivity contribution in [3.63, 3.8) is 0 Å². The number of hydrogen-bond acceptors (Lipinski definition) is 4. The summed E-state index contributed by atoms with van der Waals surface area (Å²) < 4.78 is 52.8. The van der Waals surface area contributed by atoms with Gasteiger partial charge in [-0.05, 0) is 11.8 Å². The van der Waals surface area contributed by atoms with Gasteiger partial charge in [0.25, 0.3) is 5.60 Å². The molecule has 0 amide bonds. The quantitative estimate of drug-likeness (QED) is 0.250. The zero-order chi connectivity index (χ0) is 24.9. The minimum atomic E-state index is -5.14. The van der Waals surface area contributed by atoms with Gasteiger partial charge < -0.3 is 9.47 Å². The van der Waals surface area contributed by atoms with Crippen LogP contribution < -0.4 is 0 Å². The first-order valence-corrected chi connectivity index (χ1v) is 10.5. The zero-order valence-corrected chi connectivity index (χ0v) is 19.2. The van der Waals surface area contributed by atoms with Gasteiger partial charge in [0, 0.05) is 24.7 Å². The first-order chi connectivity index (χ1) is 15.3. The first-order valence-electron chi connectivity index (χ1n) is 10.5. The number of hydrogen-bond donors (Lipinski definition) is 0. The lowest BCUT2D eigenvalue weighted by molar-refractivity contribution is -0.277. The highest BCUT2D eigenvalue weighted by Gasteiger charge is 2.64. The van der Waals surface area contributed by atoms with E-state index < -0.39 is 35.2 Å². The summed E-state index contributed by atoms with van der Waals surface area (Å²) in [4.78, 5) is 26.2. The van der Waals surface area contributed by atoms with Gasteiger partial charge in [-0.15, -0.1) is 0 Å². The van der Waals surface area contributed by atoms with Crippen LogP contribution in [0.2, 0.25) is 0 Å². The van der Waals surface area contributed by atoms with Gasteiger partial charge >= 0.3 is 12.1 Å². The molecule has 0 aliphatic rings. The van der Waals surface area contributed by atoms with Crippen LogP contribution in [0.15, 0.2) is 72.8 Å². The van der Waals surface area contributed by atoms with Crippen LogP contribution in [0.1, 0.15) is 49.5 Å². The Bertz CT molecular complexity index is 963. The number of methoxy groups -OCH3 is 1. The lowest BCUT2D eigenvalue weighted by Crippen LogP contribution is -2.53. The Labute approximate surface area is 192 Å². The van der Waals surface area contributed by atoms with Crippen molar-refractivity contribution >= 4 is 11.8 Å². The Morgan fingerprint density at radius 1 is 0.939 bits per heavy atom. The molecule has 2 rings (SSSR count). The summed E-state index contributed by atoms with van der Waals surface area (Å²) in [5, 5.41) is 0. The number of rotatable bonds is 9. The molecule has 0 spiro atoms. The third-order valence-corrected chi connectivity index (χ3v) is 5.03. The van der Waals surface area contributed by atoms with Gasteiger partial charge in [0.2, 0.25) is 5.78 Å². The lowest BCUT2D eigenvalue weighted by Gasteiger charge is -2.34. The van der Waals surface area contributed by atoms with Crippen LogP contribution in [0.25, 0.3) is 0 Å². The lowest BCUT2D eigenvalue weighted by atomic mass is 9.86. The molecule has 0 N–H and O–H groups in total. The number of carbonyl (C=O) groups excluding carboxylic acids is 2. The second-order valence-corrected chi connectivity index (χ2v) is 9.06. The van der Waals surface area contributed by atoms with Gasteiger partial charge in [-0.2, -0.15) is 13.2 Å². The molecule has 0 aliphatic heterocycles. The fourth-order valence-electron chi connectivity index (χ4n) is 3.66. The number of esters is 1. The molecule has 0 heterocycles. The SMILES string of the molecule is C=C(C[C@H](OC(=O)[C@](OC)(c1ccccc1)C(F)(F)F)C(=O)c1ccccc1)CC(C)(C)C. The molecule has 33 heavy (non-hydrogen) atoms. The maximum absolute atomic E-state index is 14.2. The van der Waals surface area contributed by atoms with Crippen LogP contribution in [0.3, 0.4) is 0 Å². The predicted molar refractivity (Wildman–Crippen MR) is 120 cm³/mol. The number of Topliss-reactive ketones (excluding diaryl/α,β-unsaturated/α-hetero) is 1. The summed E-state index contributed by atoms with van der Waals surface area (Å²) in [6.07, 6.45) is -6.24. The number of ether oxygens (including phenoxy) is 2. The van der Waals surface area contributed by atoms with Gasteiger partial charge in [-0.1, -0.05) is 93.6 Å². The van der Waals surface area contributed by atoms with Crippen molar-refractivity contribution in [3.8, 4) is 0 Å². The molecule has 0 unspecified atom stereocenters. The average Bonchev–Trinajstić information content (AvgIpc) is 2.72. The van der Waals surface area contributed by atoms with E-state index in [9.17, 15) is 22.8 Å². The Hall–Kier alpha value is -2.93. The molecule has 2 atom stereocenters. The van der Waals surface area contributed by atoms with E-state index in [0.29, 0.717) is 12.0 Å². The molecule has 0 saturated carbocycles. The van der Waals surface area contributed by atoms with Gasteiger partial charge in [0.15, 0.2) is 6.10 Å². The third-order valence-electron chi connectivity index (χ3n) is 5.03. The summed E-state index contributed by atoms with van der Waals surface area (Å²) in [5.41, 5.74) is -3.19. The Morgan fingerprint density at radius 3 is 1.91 bits per heavy atom. The summed E-state index contributed by atoms with van der Waals surface area (Å²) in [6.45, 7) is 9.85. The monoisotopic (exact) mass is 462 g/mol. The van der Waals surface area contributed by atoms with E-state index in [1.54, 1.807) is 18.2 Å². The van der Waals surface area contributed by atoms with Crippen LogP contribution in [0, 0.1) is 5.41 Å². The zero-order valence-electron chi connectivity index (χ0n) is 19.2. The van der Waals surface area contributed by atoms with Crippen molar-refractivity contribution < 1.29 is 32.2 Å². The fourth-order valence-corrected chi connectivity index (χ4v) is 3.66. The van der Waals surface area contributed by atoms with E-state index in [2.05, 4.69) is 6.58 Å². The Morgan fingerprint density at radius 2 is 1.45 bits per heavy atom. The van der Waals surface area contributed by atoms with E-state index in [1.807, 2.05) is 20.8 Å². The van der Waals surface area contributed by atoms with Gasteiger partial charge in [0.1, 0.15) is 0 Å². The second-order valence-electron chi connectivity index (χ2n) is 9.06. The molecule has 0 aliphatic carbocycles. The van der Waals surface area contributed by atoms with Crippen LogP contribution in [-0.2, 0) is 19.9 Å². The van der Waals surface area contributed by atoms with Crippen molar-refractivity contribution in [1.82, 2.24) is 0 Å². The number of halogens is 3. The van der Waals surface area contributed by atoms with E-state index in [4.69, 9.17) is 9.47 Å². The van der Waals surface area contributed by atoms with Crippen molar-refractivity contribution in [2.24, 2.45) is 5.41 Å². The Kier molecular flexibility index (Phi) is 8.25. The van der Waals surface area contributed by atoms with E-state index in [-0.39, 0.29) is 17.4 Å². The van der Waals surface area contributed by atoms with Crippen LogP contribution in [-0.4, -0.2) is 31.1 Å². The molecular weight excluding hydrogens is 433 g/mol. The molecule has 0 bridgehead atoms. The number of carbonyl (C=O) groups is 2. The minimum Gasteiger partial charge on any atom is -0.451 e. The predicted octanol–water partition coefficient (Wildman–Crippen LogP) is 6.27. The van der Waals surface area contributed by atoms with E-state index >= 15 is 0 Å². The minimum absolute atomic E-state index is 0.108. The average molecular weight is 463 g/mol. The van der Waals surface area contributed by atoms with Crippen molar-refractivity contribution in [2.45, 2.75) is 51.5 Å². The van der Waals surface area contributed by atoms with E-state index in [1.165, 1.54) is 30.3 Å². The molecular formula is C26H29F3O4. The van der Waals surface area contributed by atoms with Gasteiger partial charge in [-0.3, -0.25) is 4.79 Å². The molecule has 2 aromatic rings. The van der Waals surface area contributed by atoms with Crippen molar-refractivity contribution in [1.29, 1.82) is 0 Å².